The standard InChI is InChI=1S/C23H21N3OS/c1-15-7-8-16(2)19(11-15)20-13-26-21(14-28-23(26)24-20)22(27)25-10-9-17-5-3-4-6-18(17)12-25/h3-8,11,13-14H,9-10,12H2,1-2H3. The number of hydrogen-bond donors (Lipinski definition) is 0. The second-order valence-electron chi connectivity index (χ2n) is 7.46. The van der Waals surface area contributed by atoms with Crippen LogP contribution in [0, 0.1) is 13.8 Å². The van der Waals surface area contributed by atoms with Gasteiger partial charge in [0, 0.05) is 30.2 Å². The summed E-state index contributed by atoms with van der Waals surface area (Å²) in [5.41, 5.74) is 7.74. The zero-order valence-electron chi connectivity index (χ0n) is 16.0. The van der Waals surface area contributed by atoms with Gasteiger partial charge in [-0.25, -0.2) is 4.98 Å². The largest absolute Gasteiger partial charge is 0.333 e. The quantitative estimate of drug-likeness (QED) is 0.492. The van der Waals surface area contributed by atoms with Gasteiger partial charge in [-0.05, 0) is 43.0 Å². The van der Waals surface area contributed by atoms with E-state index in [2.05, 4.69) is 50.2 Å². The van der Waals surface area contributed by atoms with E-state index in [1.54, 1.807) is 0 Å². The molecule has 0 saturated heterocycles. The third-order valence-corrected chi connectivity index (χ3v) is 6.35. The maximum absolute atomic E-state index is 13.2. The van der Waals surface area contributed by atoms with Crippen molar-refractivity contribution in [2.75, 3.05) is 6.54 Å². The van der Waals surface area contributed by atoms with Crippen LogP contribution in [0.1, 0.15) is 32.7 Å². The fraction of sp³-hybridized carbons (Fsp3) is 0.217. The van der Waals surface area contributed by atoms with Crippen molar-refractivity contribution in [2.24, 2.45) is 0 Å². The Labute approximate surface area is 168 Å². The number of fused-ring (bicyclic) bond motifs is 2. The highest BCUT2D eigenvalue weighted by Gasteiger charge is 2.24. The summed E-state index contributed by atoms with van der Waals surface area (Å²) in [7, 11) is 0. The topological polar surface area (TPSA) is 37.6 Å². The molecule has 0 atom stereocenters. The number of aromatic nitrogens is 2. The van der Waals surface area contributed by atoms with Gasteiger partial charge in [0.2, 0.25) is 0 Å². The van der Waals surface area contributed by atoms with Gasteiger partial charge in [0.25, 0.3) is 5.91 Å². The minimum atomic E-state index is 0.0747. The van der Waals surface area contributed by atoms with Crippen molar-refractivity contribution in [3.63, 3.8) is 0 Å². The summed E-state index contributed by atoms with van der Waals surface area (Å²) in [6.45, 7) is 5.61. The lowest BCUT2D eigenvalue weighted by Gasteiger charge is -2.28. The van der Waals surface area contributed by atoms with Gasteiger partial charge in [-0.15, -0.1) is 11.3 Å². The molecule has 0 aliphatic carbocycles. The van der Waals surface area contributed by atoms with Gasteiger partial charge in [0.15, 0.2) is 4.96 Å². The highest BCUT2D eigenvalue weighted by atomic mass is 32.1. The molecule has 4 nitrogen and oxygen atoms in total. The van der Waals surface area contributed by atoms with Crippen molar-refractivity contribution in [1.29, 1.82) is 0 Å². The third kappa shape index (κ3) is 2.83. The van der Waals surface area contributed by atoms with Gasteiger partial charge in [0.05, 0.1) is 5.69 Å². The molecular formula is C23H21N3OS. The molecule has 1 amide bonds. The van der Waals surface area contributed by atoms with E-state index in [0.717, 1.165) is 29.2 Å². The molecule has 1 aliphatic heterocycles. The summed E-state index contributed by atoms with van der Waals surface area (Å²) in [6, 6.07) is 14.8. The Morgan fingerprint density at radius 1 is 1.11 bits per heavy atom. The summed E-state index contributed by atoms with van der Waals surface area (Å²) in [5, 5.41) is 1.93. The maximum atomic E-state index is 13.2. The smallest absolute Gasteiger partial charge is 0.272 e. The van der Waals surface area contributed by atoms with E-state index in [9.17, 15) is 4.79 Å². The first-order valence-electron chi connectivity index (χ1n) is 9.50. The first-order chi connectivity index (χ1) is 13.6. The predicted molar refractivity (Wildman–Crippen MR) is 113 cm³/mol. The molecule has 5 heteroatoms. The molecule has 2 aromatic carbocycles. The molecule has 1 aliphatic rings. The van der Waals surface area contributed by atoms with Crippen molar-refractivity contribution >= 4 is 22.2 Å². The fourth-order valence-electron chi connectivity index (χ4n) is 3.91. The molecule has 0 N–H and O–H groups in total. The number of imidazole rings is 1. The van der Waals surface area contributed by atoms with Crippen LogP contribution in [-0.4, -0.2) is 26.7 Å². The van der Waals surface area contributed by atoms with E-state index in [1.807, 2.05) is 26.9 Å². The Hall–Kier alpha value is -2.92. The number of hydrogen-bond acceptors (Lipinski definition) is 3. The van der Waals surface area contributed by atoms with E-state index >= 15 is 0 Å². The van der Waals surface area contributed by atoms with Crippen molar-refractivity contribution in [3.8, 4) is 11.3 Å². The lowest BCUT2D eigenvalue weighted by atomic mass is 10.00. The number of benzene rings is 2. The monoisotopic (exact) mass is 387 g/mol. The van der Waals surface area contributed by atoms with Crippen LogP contribution in [0.3, 0.4) is 0 Å². The van der Waals surface area contributed by atoms with Crippen LogP contribution in [0.25, 0.3) is 16.2 Å². The van der Waals surface area contributed by atoms with Gasteiger partial charge in [-0.1, -0.05) is 42.0 Å². The Morgan fingerprint density at radius 3 is 2.79 bits per heavy atom. The number of aryl methyl sites for hydroxylation is 2. The minimum absolute atomic E-state index is 0.0747. The molecule has 0 saturated carbocycles. The normalized spacial score (nSPS) is 13.7. The average Bonchev–Trinajstić information content (AvgIpc) is 3.29. The van der Waals surface area contributed by atoms with Crippen LogP contribution in [0.15, 0.2) is 54.0 Å². The predicted octanol–water partition coefficient (Wildman–Crippen LogP) is 4.88. The zero-order chi connectivity index (χ0) is 19.3. The van der Waals surface area contributed by atoms with Gasteiger partial charge in [-0.3, -0.25) is 9.20 Å². The van der Waals surface area contributed by atoms with Gasteiger partial charge >= 0.3 is 0 Å². The summed E-state index contributed by atoms with van der Waals surface area (Å²) in [5.74, 6) is 0.0747. The Morgan fingerprint density at radius 2 is 1.93 bits per heavy atom. The summed E-state index contributed by atoms with van der Waals surface area (Å²) in [6.07, 6.45) is 2.91. The lowest BCUT2D eigenvalue weighted by molar-refractivity contribution is 0.0728. The van der Waals surface area contributed by atoms with Crippen LogP contribution >= 0.6 is 11.3 Å². The second kappa shape index (κ2) is 6.60. The van der Waals surface area contributed by atoms with Gasteiger partial charge < -0.3 is 4.90 Å². The SMILES string of the molecule is Cc1ccc(C)c(-c2cn3c(C(=O)N4CCc5ccccc5C4)csc3n2)c1. The molecule has 5 rings (SSSR count). The van der Waals surface area contributed by atoms with Crippen molar-refractivity contribution in [2.45, 2.75) is 26.8 Å². The Kier molecular flexibility index (Phi) is 4.05. The zero-order valence-corrected chi connectivity index (χ0v) is 16.8. The molecule has 0 spiro atoms. The molecule has 140 valence electrons. The van der Waals surface area contributed by atoms with Crippen LogP contribution in [0.2, 0.25) is 0 Å². The van der Waals surface area contributed by atoms with E-state index in [1.165, 1.54) is 33.6 Å². The molecule has 0 bridgehead atoms. The summed E-state index contributed by atoms with van der Waals surface area (Å²) in [4.78, 5) is 20.8. The lowest BCUT2D eigenvalue weighted by Crippen LogP contribution is -2.36. The first-order valence-corrected chi connectivity index (χ1v) is 10.4. The second-order valence-corrected chi connectivity index (χ2v) is 8.30. The molecule has 2 aromatic heterocycles. The molecule has 28 heavy (non-hydrogen) atoms. The minimum Gasteiger partial charge on any atom is -0.333 e. The van der Waals surface area contributed by atoms with Crippen molar-refractivity contribution < 1.29 is 4.79 Å². The van der Waals surface area contributed by atoms with Crippen LogP contribution in [-0.2, 0) is 13.0 Å². The molecule has 0 radical (unpaired) electrons. The fourth-order valence-corrected chi connectivity index (χ4v) is 4.76. The van der Waals surface area contributed by atoms with E-state index < -0.39 is 0 Å². The first kappa shape index (κ1) is 17.2. The van der Waals surface area contributed by atoms with E-state index in [0.29, 0.717) is 12.2 Å². The summed E-state index contributed by atoms with van der Waals surface area (Å²) >= 11 is 1.52. The highest BCUT2D eigenvalue weighted by molar-refractivity contribution is 7.15. The maximum Gasteiger partial charge on any atom is 0.272 e. The Bertz CT molecular complexity index is 1200. The number of carbonyl (C=O) groups excluding carboxylic acids is 1. The van der Waals surface area contributed by atoms with Crippen LogP contribution in [0.4, 0.5) is 0 Å². The molecule has 0 unspecified atom stereocenters. The average molecular weight is 388 g/mol. The van der Waals surface area contributed by atoms with Gasteiger partial charge in [-0.2, -0.15) is 0 Å². The van der Waals surface area contributed by atoms with E-state index in [-0.39, 0.29) is 5.91 Å². The van der Waals surface area contributed by atoms with Crippen LogP contribution in [0.5, 0.6) is 0 Å². The molecule has 3 heterocycles. The highest BCUT2D eigenvalue weighted by Crippen LogP contribution is 2.28. The number of amides is 1. The number of carbonyl (C=O) groups is 1. The number of nitrogens with zero attached hydrogens (tertiary/aromatic N) is 3. The number of thiazole rings is 1. The summed E-state index contributed by atoms with van der Waals surface area (Å²) < 4.78 is 1.95. The van der Waals surface area contributed by atoms with Crippen molar-refractivity contribution in [3.05, 3.63) is 82.0 Å². The van der Waals surface area contributed by atoms with Gasteiger partial charge in [0.1, 0.15) is 5.69 Å². The molecular weight excluding hydrogens is 366 g/mol. The Balaban J connectivity index is 1.49. The van der Waals surface area contributed by atoms with Crippen LogP contribution < -0.4 is 0 Å². The number of rotatable bonds is 2. The van der Waals surface area contributed by atoms with Crippen molar-refractivity contribution in [1.82, 2.24) is 14.3 Å². The third-order valence-electron chi connectivity index (χ3n) is 5.52. The molecule has 0 fully saturated rings. The van der Waals surface area contributed by atoms with E-state index in [4.69, 9.17) is 4.98 Å². The molecule has 4 aromatic rings.